The van der Waals surface area contributed by atoms with Gasteiger partial charge in [0.15, 0.2) is 0 Å². The molecule has 1 saturated heterocycles. The van der Waals surface area contributed by atoms with Gasteiger partial charge in [-0.25, -0.2) is 4.39 Å². The number of piperidine rings is 1. The zero-order chi connectivity index (χ0) is 21.8. The summed E-state index contributed by atoms with van der Waals surface area (Å²) in [7, 11) is 0. The quantitative estimate of drug-likeness (QED) is 0.530. The third-order valence-electron chi connectivity index (χ3n) is 6.77. The van der Waals surface area contributed by atoms with Gasteiger partial charge in [-0.2, -0.15) is 0 Å². The molecule has 0 saturated carbocycles. The van der Waals surface area contributed by atoms with Crippen LogP contribution >= 0.6 is 11.6 Å². The molecule has 2 aromatic carbocycles. The van der Waals surface area contributed by atoms with Gasteiger partial charge in [-0.15, -0.1) is 0 Å². The zero-order valence-electron chi connectivity index (χ0n) is 18.3. The van der Waals surface area contributed by atoms with E-state index in [1.54, 1.807) is 12.1 Å². The van der Waals surface area contributed by atoms with Gasteiger partial charge >= 0.3 is 0 Å². The van der Waals surface area contributed by atoms with Gasteiger partial charge in [-0.3, -0.25) is 4.90 Å². The van der Waals surface area contributed by atoms with Crippen LogP contribution in [0.2, 0.25) is 5.02 Å². The van der Waals surface area contributed by atoms with Gasteiger partial charge in [-0.1, -0.05) is 36.7 Å². The number of hydrogen-bond donors (Lipinski definition) is 1. The van der Waals surface area contributed by atoms with Crippen LogP contribution < -0.4 is 10.6 Å². The molecule has 2 N–H and O–H groups in total. The summed E-state index contributed by atoms with van der Waals surface area (Å²) in [6.45, 7) is 8.52. The van der Waals surface area contributed by atoms with E-state index in [1.807, 2.05) is 24.3 Å². The number of benzene rings is 2. The summed E-state index contributed by atoms with van der Waals surface area (Å²) in [5.74, 6) is 0.635. The van der Waals surface area contributed by atoms with Crippen molar-refractivity contribution in [2.24, 2.45) is 5.92 Å². The number of anilines is 2. The molecule has 2 aliphatic rings. The Morgan fingerprint density at radius 1 is 1.13 bits per heavy atom. The maximum Gasteiger partial charge on any atom is 0.123 e. The van der Waals surface area contributed by atoms with E-state index >= 15 is 0 Å². The van der Waals surface area contributed by atoms with E-state index in [0.717, 1.165) is 68.4 Å². The Kier molecular flexibility index (Phi) is 7.19. The average molecular weight is 442 g/mol. The minimum Gasteiger partial charge on any atom is -0.397 e. The maximum absolute atomic E-state index is 13.0. The molecule has 0 aliphatic carbocycles. The van der Waals surface area contributed by atoms with Gasteiger partial charge < -0.3 is 10.6 Å². The van der Waals surface area contributed by atoms with Crippen LogP contribution in [0.15, 0.2) is 48.7 Å². The molecule has 166 valence electrons. The fourth-order valence-electron chi connectivity index (χ4n) is 5.08. The second-order valence-electron chi connectivity index (χ2n) is 9.06. The molecule has 1 fully saturated rings. The first-order valence-electron chi connectivity index (χ1n) is 11.5. The Hall–Kier alpha value is -2.04. The number of likely N-dealkylation sites (tertiary alicyclic amines) is 1. The fourth-order valence-corrected chi connectivity index (χ4v) is 5.33. The second kappa shape index (κ2) is 10.1. The lowest BCUT2D eigenvalue weighted by Gasteiger charge is -2.38. The standard InChI is InChI=1S/C26H33ClFN3/c1-19(31-13-3-6-22-16-23(27)17-25(29)26(22)31)18-30-14-11-21(12-15-30)5-2-4-20-7-9-24(28)10-8-20/h7-10,16-17,21H,1-6,11-15,18,29H2. The molecular formula is C26H33ClFN3. The van der Waals surface area contributed by atoms with Gasteiger partial charge in [0.05, 0.1) is 11.4 Å². The SMILES string of the molecule is C=C(CN1CCC(CCCc2ccc(F)cc2)CC1)N1CCCc2cc(Cl)cc(N)c21. The molecule has 0 radical (unpaired) electrons. The summed E-state index contributed by atoms with van der Waals surface area (Å²) >= 11 is 6.21. The molecule has 2 heterocycles. The Labute approximate surface area is 190 Å². The highest BCUT2D eigenvalue weighted by molar-refractivity contribution is 6.31. The van der Waals surface area contributed by atoms with Gasteiger partial charge in [0.2, 0.25) is 0 Å². The van der Waals surface area contributed by atoms with Crippen LogP contribution in [-0.2, 0) is 12.8 Å². The average Bonchev–Trinajstić information content (AvgIpc) is 2.75. The van der Waals surface area contributed by atoms with E-state index in [-0.39, 0.29) is 5.82 Å². The first kappa shape index (κ1) is 22.2. The lowest BCUT2D eigenvalue weighted by atomic mass is 9.90. The number of halogens is 2. The summed E-state index contributed by atoms with van der Waals surface area (Å²) in [5.41, 5.74) is 11.8. The van der Waals surface area contributed by atoms with E-state index in [9.17, 15) is 4.39 Å². The summed E-state index contributed by atoms with van der Waals surface area (Å²) < 4.78 is 13.0. The lowest BCUT2D eigenvalue weighted by molar-refractivity contribution is 0.189. The third kappa shape index (κ3) is 5.61. The van der Waals surface area contributed by atoms with Crippen molar-refractivity contribution in [3.63, 3.8) is 0 Å². The summed E-state index contributed by atoms with van der Waals surface area (Å²) in [6, 6.07) is 10.8. The predicted molar refractivity (Wildman–Crippen MR) is 129 cm³/mol. The molecule has 2 aliphatic heterocycles. The molecule has 31 heavy (non-hydrogen) atoms. The van der Waals surface area contributed by atoms with Gasteiger partial charge in [-0.05, 0) is 92.9 Å². The molecule has 0 aromatic heterocycles. The fraction of sp³-hybridized carbons (Fsp3) is 0.462. The van der Waals surface area contributed by atoms with Crippen molar-refractivity contribution in [1.29, 1.82) is 0 Å². The molecule has 3 nitrogen and oxygen atoms in total. The van der Waals surface area contributed by atoms with Crippen molar-refractivity contribution < 1.29 is 4.39 Å². The predicted octanol–water partition coefficient (Wildman–Crippen LogP) is 6.06. The number of hydrogen-bond acceptors (Lipinski definition) is 3. The molecule has 0 amide bonds. The third-order valence-corrected chi connectivity index (χ3v) is 6.99. The van der Waals surface area contributed by atoms with Crippen LogP contribution in [0, 0.1) is 11.7 Å². The van der Waals surface area contributed by atoms with Crippen LogP contribution in [0.4, 0.5) is 15.8 Å². The molecular weight excluding hydrogens is 409 g/mol. The van der Waals surface area contributed by atoms with Crippen LogP contribution in [-0.4, -0.2) is 31.1 Å². The molecule has 5 heteroatoms. The van der Waals surface area contributed by atoms with Gasteiger partial charge in [0.1, 0.15) is 5.82 Å². The molecule has 4 rings (SSSR count). The van der Waals surface area contributed by atoms with E-state index in [2.05, 4.69) is 16.4 Å². The first-order chi connectivity index (χ1) is 15.0. The van der Waals surface area contributed by atoms with Gasteiger partial charge in [0, 0.05) is 23.8 Å². The molecule has 0 unspecified atom stereocenters. The van der Waals surface area contributed by atoms with Crippen LogP contribution in [0.1, 0.15) is 43.2 Å². The van der Waals surface area contributed by atoms with Gasteiger partial charge in [0.25, 0.3) is 0 Å². The highest BCUT2D eigenvalue weighted by Crippen LogP contribution is 2.37. The number of fused-ring (bicyclic) bond motifs is 1. The first-order valence-corrected chi connectivity index (χ1v) is 11.9. The van der Waals surface area contributed by atoms with E-state index in [0.29, 0.717) is 5.02 Å². The molecule has 0 spiro atoms. The number of nitrogen functional groups attached to an aromatic ring is 1. The summed E-state index contributed by atoms with van der Waals surface area (Å²) in [6.07, 6.45) is 8.07. The van der Waals surface area contributed by atoms with E-state index in [4.69, 9.17) is 17.3 Å². The number of rotatable bonds is 7. The summed E-state index contributed by atoms with van der Waals surface area (Å²) in [4.78, 5) is 4.83. The minimum absolute atomic E-state index is 0.155. The van der Waals surface area contributed by atoms with Crippen molar-refractivity contribution in [3.05, 3.63) is 70.6 Å². The number of aryl methyl sites for hydroxylation is 2. The molecule has 0 atom stereocenters. The van der Waals surface area contributed by atoms with Crippen molar-refractivity contribution >= 4 is 23.0 Å². The molecule has 2 aromatic rings. The lowest BCUT2D eigenvalue weighted by Crippen LogP contribution is -2.39. The van der Waals surface area contributed by atoms with Crippen molar-refractivity contribution in [2.45, 2.75) is 44.9 Å². The second-order valence-corrected chi connectivity index (χ2v) is 9.50. The topological polar surface area (TPSA) is 32.5 Å². The Morgan fingerprint density at radius 3 is 2.61 bits per heavy atom. The smallest absolute Gasteiger partial charge is 0.123 e. The Balaban J connectivity index is 1.24. The maximum atomic E-state index is 13.0. The summed E-state index contributed by atoms with van der Waals surface area (Å²) in [5, 5.41) is 0.713. The van der Waals surface area contributed by atoms with Crippen molar-refractivity contribution in [3.8, 4) is 0 Å². The zero-order valence-corrected chi connectivity index (χ0v) is 19.0. The Bertz CT molecular complexity index is 904. The van der Waals surface area contributed by atoms with Crippen LogP contribution in [0.3, 0.4) is 0 Å². The Morgan fingerprint density at radius 2 is 1.87 bits per heavy atom. The van der Waals surface area contributed by atoms with E-state index in [1.165, 1.54) is 36.8 Å². The largest absolute Gasteiger partial charge is 0.397 e. The number of nitrogens with two attached hydrogens (primary N) is 1. The molecule has 0 bridgehead atoms. The van der Waals surface area contributed by atoms with Crippen LogP contribution in [0.25, 0.3) is 0 Å². The van der Waals surface area contributed by atoms with Crippen molar-refractivity contribution in [1.82, 2.24) is 4.90 Å². The monoisotopic (exact) mass is 441 g/mol. The highest BCUT2D eigenvalue weighted by atomic mass is 35.5. The van der Waals surface area contributed by atoms with E-state index < -0.39 is 0 Å². The van der Waals surface area contributed by atoms with Crippen molar-refractivity contribution in [2.75, 3.05) is 36.8 Å². The number of nitrogens with zero attached hydrogens (tertiary/aromatic N) is 2. The normalized spacial score (nSPS) is 17.5. The van der Waals surface area contributed by atoms with Crippen LogP contribution in [0.5, 0.6) is 0 Å². The minimum atomic E-state index is -0.155. The highest BCUT2D eigenvalue weighted by Gasteiger charge is 2.25.